The highest BCUT2D eigenvalue weighted by molar-refractivity contribution is 5.56. The predicted molar refractivity (Wildman–Crippen MR) is 127 cm³/mol. The molecule has 4 rings (SSSR count). The fourth-order valence-electron chi connectivity index (χ4n) is 3.82. The highest BCUT2D eigenvalue weighted by atomic mass is 19.1. The molecule has 2 aromatic carbocycles. The van der Waals surface area contributed by atoms with Crippen LogP contribution >= 0.6 is 0 Å². The van der Waals surface area contributed by atoms with E-state index in [0.29, 0.717) is 19.2 Å². The van der Waals surface area contributed by atoms with E-state index in [1.165, 1.54) is 6.20 Å². The van der Waals surface area contributed by atoms with E-state index < -0.39 is 5.82 Å². The lowest BCUT2D eigenvalue weighted by molar-refractivity contribution is 0.154. The average Bonchev–Trinajstić information content (AvgIpc) is 3.34. The van der Waals surface area contributed by atoms with Crippen LogP contribution in [0.4, 0.5) is 21.8 Å². The SMILES string of the molecule is CCN(CC)CCOc1ccc(Nc2ncc(F)c(N3OCC[C@H]3c3ccccc3)n2)cc1. The molecule has 1 aromatic heterocycles. The molecule has 0 unspecified atom stereocenters. The average molecular weight is 452 g/mol. The molecule has 0 spiro atoms. The number of halogens is 1. The van der Waals surface area contributed by atoms with Crippen molar-refractivity contribution >= 4 is 17.5 Å². The smallest absolute Gasteiger partial charge is 0.229 e. The van der Waals surface area contributed by atoms with Gasteiger partial charge in [-0.15, -0.1) is 0 Å². The summed E-state index contributed by atoms with van der Waals surface area (Å²) in [5.41, 5.74) is 1.84. The van der Waals surface area contributed by atoms with Gasteiger partial charge in [-0.1, -0.05) is 44.2 Å². The largest absolute Gasteiger partial charge is 0.492 e. The monoisotopic (exact) mass is 451 g/mol. The predicted octanol–water partition coefficient (Wildman–Crippen LogP) is 4.96. The van der Waals surface area contributed by atoms with Gasteiger partial charge in [0.25, 0.3) is 0 Å². The van der Waals surface area contributed by atoms with Crippen LogP contribution in [0.2, 0.25) is 0 Å². The fraction of sp³-hybridized carbons (Fsp3) is 0.360. The molecule has 1 aliphatic heterocycles. The van der Waals surface area contributed by atoms with Crippen LogP contribution in [0.1, 0.15) is 31.9 Å². The number of anilines is 3. The third-order valence-corrected chi connectivity index (χ3v) is 5.70. The zero-order valence-electron chi connectivity index (χ0n) is 19.1. The van der Waals surface area contributed by atoms with Gasteiger partial charge in [-0.3, -0.25) is 4.84 Å². The number of hydroxylamine groups is 1. The normalized spacial score (nSPS) is 15.8. The molecule has 0 bridgehead atoms. The van der Waals surface area contributed by atoms with Crippen molar-refractivity contribution in [1.82, 2.24) is 14.9 Å². The van der Waals surface area contributed by atoms with E-state index in [0.717, 1.165) is 43.1 Å². The van der Waals surface area contributed by atoms with Gasteiger partial charge in [0.1, 0.15) is 12.4 Å². The number of likely N-dealkylation sites (N-methyl/N-ethyl adjacent to an activating group) is 1. The highest BCUT2D eigenvalue weighted by Crippen LogP contribution is 2.35. The van der Waals surface area contributed by atoms with E-state index in [4.69, 9.17) is 9.57 Å². The quantitative estimate of drug-likeness (QED) is 0.467. The molecule has 1 N–H and O–H groups in total. The lowest BCUT2D eigenvalue weighted by atomic mass is 10.0. The molecular weight excluding hydrogens is 421 g/mol. The molecule has 0 amide bonds. The first-order valence-electron chi connectivity index (χ1n) is 11.4. The van der Waals surface area contributed by atoms with Crippen LogP contribution in [0.25, 0.3) is 0 Å². The highest BCUT2D eigenvalue weighted by Gasteiger charge is 2.31. The molecule has 7 nitrogen and oxygen atoms in total. The number of nitrogens with one attached hydrogen (secondary N) is 1. The molecule has 33 heavy (non-hydrogen) atoms. The maximum Gasteiger partial charge on any atom is 0.229 e. The van der Waals surface area contributed by atoms with E-state index in [1.807, 2.05) is 54.6 Å². The molecule has 0 radical (unpaired) electrons. The second kappa shape index (κ2) is 11.1. The summed E-state index contributed by atoms with van der Waals surface area (Å²) in [5, 5.41) is 4.68. The molecule has 174 valence electrons. The Balaban J connectivity index is 1.42. The molecule has 1 atom stereocenters. The molecule has 3 aromatic rings. The summed E-state index contributed by atoms with van der Waals surface area (Å²) in [5.74, 6) is 0.684. The fourth-order valence-corrected chi connectivity index (χ4v) is 3.82. The summed E-state index contributed by atoms with van der Waals surface area (Å²) in [7, 11) is 0. The Kier molecular flexibility index (Phi) is 7.70. The Hall–Kier alpha value is -3.23. The Bertz CT molecular complexity index is 1020. The van der Waals surface area contributed by atoms with Gasteiger partial charge in [0.15, 0.2) is 11.6 Å². The molecular formula is C25H30FN5O2. The zero-order valence-corrected chi connectivity index (χ0v) is 19.1. The van der Waals surface area contributed by atoms with Crippen LogP contribution < -0.4 is 15.1 Å². The lowest BCUT2D eigenvalue weighted by Crippen LogP contribution is -2.27. The number of hydrogen-bond donors (Lipinski definition) is 1. The number of hydrogen-bond acceptors (Lipinski definition) is 7. The van der Waals surface area contributed by atoms with Crippen LogP contribution in [0, 0.1) is 5.82 Å². The Morgan fingerprint density at radius 1 is 1.12 bits per heavy atom. The summed E-state index contributed by atoms with van der Waals surface area (Å²) < 4.78 is 20.5. The molecule has 1 saturated heterocycles. The van der Waals surface area contributed by atoms with Gasteiger partial charge in [0.05, 0.1) is 18.8 Å². The van der Waals surface area contributed by atoms with Gasteiger partial charge in [0.2, 0.25) is 5.95 Å². The van der Waals surface area contributed by atoms with Crippen molar-refractivity contribution in [3.63, 3.8) is 0 Å². The number of benzene rings is 2. The molecule has 0 aliphatic carbocycles. The van der Waals surface area contributed by atoms with E-state index >= 15 is 0 Å². The number of rotatable bonds is 10. The van der Waals surface area contributed by atoms with Crippen molar-refractivity contribution in [2.75, 3.05) is 43.2 Å². The standard InChI is InChI=1S/C25H30FN5O2/c1-3-30(4-2)15-17-32-21-12-10-20(11-13-21)28-25-27-18-22(26)24(29-25)31-23(14-16-33-31)19-8-6-5-7-9-19/h5-13,18,23H,3-4,14-17H2,1-2H3,(H,27,28,29)/t23-/m0/s1. The van der Waals surface area contributed by atoms with Gasteiger partial charge in [-0.25, -0.2) is 14.4 Å². The van der Waals surface area contributed by atoms with Gasteiger partial charge in [0, 0.05) is 18.7 Å². The molecule has 2 heterocycles. The Morgan fingerprint density at radius 3 is 2.61 bits per heavy atom. The van der Waals surface area contributed by atoms with Crippen LogP contribution in [0.5, 0.6) is 5.75 Å². The maximum atomic E-state index is 14.6. The topological polar surface area (TPSA) is 62.8 Å². The minimum Gasteiger partial charge on any atom is -0.492 e. The summed E-state index contributed by atoms with van der Waals surface area (Å²) in [6, 6.07) is 17.4. The van der Waals surface area contributed by atoms with E-state index in [2.05, 4.69) is 34.0 Å². The second-order valence-electron chi connectivity index (χ2n) is 7.76. The van der Waals surface area contributed by atoms with E-state index in [9.17, 15) is 4.39 Å². The van der Waals surface area contributed by atoms with Gasteiger partial charge >= 0.3 is 0 Å². The van der Waals surface area contributed by atoms with Crippen LogP contribution in [-0.2, 0) is 4.84 Å². The van der Waals surface area contributed by atoms with Crippen molar-refractivity contribution in [3.05, 3.63) is 72.2 Å². The molecule has 1 aliphatic rings. The Labute approximate surface area is 194 Å². The van der Waals surface area contributed by atoms with E-state index in [-0.39, 0.29) is 11.9 Å². The summed E-state index contributed by atoms with van der Waals surface area (Å²) in [6.45, 7) is 8.34. The molecule has 8 heteroatoms. The first kappa shape index (κ1) is 22.9. The van der Waals surface area contributed by atoms with E-state index in [1.54, 1.807) is 5.06 Å². The number of ether oxygens (including phenoxy) is 1. The summed E-state index contributed by atoms with van der Waals surface area (Å²) in [4.78, 5) is 16.5. The van der Waals surface area contributed by atoms with Crippen LogP contribution in [-0.4, -0.2) is 47.7 Å². The van der Waals surface area contributed by atoms with Crippen molar-refractivity contribution in [2.24, 2.45) is 0 Å². The third kappa shape index (κ3) is 5.77. The Morgan fingerprint density at radius 2 is 1.88 bits per heavy atom. The summed E-state index contributed by atoms with van der Waals surface area (Å²) in [6.07, 6.45) is 1.92. The van der Waals surface area contributed by atoms with Crippen LogP contribution in [0.3, 0.4) is 0 Å². The van der Waals surface area contributed by atoms with Gasteiger partial charge in [-0.05, 0) is 42.9 Å². The second-order valence-corrected chi connectivity index (χ2v) is 7.76. The third-order valence-electron chi connectivity index (χ3n) is 5.70. The molecule has 1 fully saturated rings. The summed E-state index contributed by atoms with van der Waals surface area (Å²) >= 11 is 0. The minimum absolute atomic E-state index is 0.101. The van der Waals surface area contributed by atoms with Gasteiger partial charge < -0.3 is 15.0 Å². The van der Waals surface area contributed by atoms with Crippen LogP contribution in [0.15, 0.2) is 60.8 Å². The van der Waals surface area contributed by atoms with Crippen molar-refractivity contribution in [1.29, 1.82) is 0 Å². The number of aromatic nitrogens is 2. The zero-order chi connectivity index (χ0) is 23.0. The maximum absolute atomic E-state index is 14.6. The first-order chi connectivity index (χ1) is 16.2. The molecule has 0 saturated carbocycles. The lowest BCUT2D eigenvalue weighted by Gasteiger charge is -2.24. The van der Waals surface area contributed by atoms with Gasteiger partial charge in [-0.2, -0.15) is 4.98 Å². The van der Waals surface area contributed by atoms with Crippen molar-refractivity contribution < 1.29 is 14.0 Å². The van der Waals surface area contributed by atoms with Crippen molar-refractivity contribution in [2.45, 2.75) is 26.3 Å². The number of nitrogens with zero attached hydrogens (tertiary/aromatic N) is 4. The van der Waals surface area contributed by atoms with Crippen molar-refractivity contribution in [3.8, 4) is 5.75 Å². The first-order valence-corrected chi connectivity index (χ1v) is 11.4. The minimum atomic E-state index is -0.527.